The largest absolute Gasteiger partial charge is 0.390 e. The minimum Gasteiger partial charge on any atom is -0.390 e. The Hall–Kier alpha value is -0.0800. The molecule has 1 fully saturated rings. The third-order valence-electron chi connectivity index (χ3n) is 7.11. The molecule has 1 N–H and O–H groups in total. The minimum atomic E-state index is -0.585. The second-order valence-electron chi connectivity index (χ2n) is 11.3. The van der Waals surface area contributed by atoms with Crippen molar-refractivity contribution < 1.29 is 9.84 Å². The van der Waals surface area contributed by atoms with Crippen molar-refractivity contribution in [3.05, 3.63) is 0 Å². The fourth-order valence-corrected chi connectivity index (χ4v) is 4.87. The highest BCUT2D eigenvalue weighted by Crippen LogP contribution is 2.38. The summed E-state index contributed by atoms with van der Waals surface area (Å²) in [5.74, 6) is 3.50. The number of ether oxygens (including phenoxy) is 1. The van der Waals surface area contributed by atoms with Crippen LogP contribution < -0.4 is 0 Å². The second-order valence-corrected chi connectivity index (χ2v) is 11.3. The monoisotopic (exact) mass is 396 g/mol. The molecular formula is C26H52O2. The first-order valence-corrected chi connectivity index (χ1v) is 12.4. The Labute approximate surface area is 177 Å². The van der Waals surface area contributed by atoms with E-state index in [2.05, 4.69) is 34.6 Å². The number of aliphatic hydroxyl groups is 1. The molecule has 4 unspecified atom stereocenters. The maximum atomic E-state index is 10.2. The quantitative estimate of drug-likeness (QED) is 0.325. The number of hydrogen-bond donors (Lipinski definition) is 1. The molecule has 2 heteroatoms. The lowest BCUT2D eigenvalue weighted by Crippen LogP contribution is -2.33. The lowest BCUT2D eigenvalue weighted by Gasteiger charge is -2.36. The van der Waals surface area contributed by atoms with Crippen LogP contribution >= 0.6 is 0 Å². The summed E-state index contributed by atoms with van der Waals surface area (Å²) in [5.41, 5.74) is -0.654. The van der Waals surface area contributed by atoms with Crippen molar-refractivity contribution in [2.24, 2.45) is 23.7 Å². The molecule has 0 spiro atoms. The first-order valence-electron chi connectivity index (χ1n) is 12.4. The predicted molar refractivity (Wildman–Crippen MR) is 123 cm³/mol. The Bertz CT molecular complexity index is 399. The number of rotatable bonds is 14. The molecule has 0 amide bonds. The lowest BCUT2D eigenvalue weighted by atomic mass is 9.74. The molecule has 0 aromatic carbocycles. The molecule has 0 saturated heterocycles. The summed E-state index contributed by atoms with van der Waals surface area (Å²) in [5, 5.41) is 10.2. The van der Waals surface area contributed by atoms with Gasteiger partial charge in [0.15, 0.2) is 0 Å². The SMILES string of the molecule is CCC(C)(O)CCOC(C)(C)CC1CCCC(CCC(C)CCCC(C)C)C1. The van der Waals surface area contributed by atoms with Crippen LogP contribution in [0.3, 0.4) is 0 Å². The Morgan fingerprint density at radius 3 is 2.32 bits per heavy atom. The van der Waals surface area contributed by atoms with E-state index in [4.69, 9.17) is 4.74 Å². The molecule has 1 rings (SSSR count). The van der Waals surface area contributed by atoms with Crippen molar-refractivity contribution in [1.29, 1.82) is 0 Å². The van der Waals surface area contributed by atoms with Gasteiger partial charge in [0.05, 0.1) is 17.8 Å². The molecule has 1 aliphatic rings. The van der Waals surface area contributed by atoms with Gasteiger partial charge in [-0.1, -0.05) is 79.1 Å². The Morgan fingerprint density at radius 2 is 1.68 bits per heavy atom. The Morgan fingerprint density at radius 1 is 1.00 bits per heavy atom. The maximum Gasteiger partial charge on any atom is 0.0639 e. The highest BCUT2D eigenvalue weighted by Gasteiger charge is 2.29. The third kappa shape index (κ3) is 11.8. The van der Waals surface area contributed by atoms with Crippen molar-refractivity contribution in [1.82, 2.24) is 0 Å². The third-order valence-corrected chi connectivity index (χ3v) is 7.11. The highest BCUT2D eigenvalue weighted by molar-refractivity contribution is 4.81. The van der Waals surface area contributed by atoms with Crippen molar-refractivity contribution >= 4 is 0 Å². The van der Waals surface area contributed by atoms with E-state index in [-0.39, 0.29) is 5.60 Å². The standard InChI is InChI=1S/C26H52O2/c1-8-26(7,27)17-18-28-25(5,6)20-24-14-10-13-23(19-24)16-15-22(4)12-9-11-21(2)3/h21-24,27H,8-20H2,1-7H3. The van der Waals surface area contributed by atoms with Crippen molar-refractivity contribution in [3.8, 4) is 0 Å². The van der Waals surface area contributed by atoms with Gasteiger partial charge in [-0.25, -0.2) is 0 Å². The van der Waals surface area contributed by atoms with Gasteiger partial charge >= 0.3 is 0 Å². The van der Waals surface area contributed by atoms with E-state index < -0.39 is 5.60 Å². The van der Waals surface area contributed by atoms with Crippen LogP contribution in [0.4, 0.5) is 0 Å². The van der Waals surface area contributed by atoms with Crippen molar-refractivity contribution in [2.45, 2.75) is 137 Å². The molecule has 1 aliphatic carbocycles. The van der Waals surface area contributed by atoms with E-state index in [9.17, 15) is 5.11 Å². The number of hydrogen-bond acceptors (Lipinski definition) is 2. The van der Waals surface area contributed by atoms with Crippen LogP contribution in [0.5, 0.6) is 0 Å². The summed E-state index contributed by atoms with van der Waals surface area (Å²) < 4.78 is 6.21. The highest BCUT2D eigenvalue weighted by atomic mass is 16.5. The zero-order valence-electron chi connectivity index (χ0n) is 20.4. The average Bonchev–Trinajstić information content (AvgIpc) is 2.59. The van der Waals surface area contributed by atoms with E-state index in [0.29, 0.717) is 6.61 Å². The van der Waals surface area contributed by atoms with Crippen LogP contribution in [0, 0.1) is 23.7 Å². The summed E-state index contributed by atoms with van der Waals surface area (Å²) in [6.45, 7) is 16.2. The van der Waals surface area contributed by atoms with Gasteiger partial charge in [-0.2, -0.15) is 0 Å². The van der Waals surface area contributed by atoms with Crippen LogP contribution in [0.2, 0.25) is 0 Å². The van der Waals surface area contributed by atoms with E-state index in [1.165, 1.54) is 64.2 Å². The normalized spacial score (nSPS) is 24.3. The zero-order chi connectivity index (χ0) is 21.2. The van der Waals surface area contributed by atoms with Gasteiger partial charge < -0.3 is 9.84 Å². The van der Waals surface area contributed by atoms with Gasteiger partial charge in [-0.15, -0.1) is 0 Å². The minimum absolute atomic E-state index is 0.0689. The van der Waals surface area contributed by atoms with Crippen LogP contribution in [-0.2, 0) is 4.74 Å². The topological polar surface area (TPSA) is 29.5 Å². The van der Waals surface area contributed by atoms with Crippen molar-refractivity contribution in [2.75, 3.05) is 6.61 Å². The molecule has 168 valence electrons. The van der Waals surface area contributed by atoms with Crippen LogP contribution in [-0.4, -0.2) is 22.9 Å². The molecule has 0 heterocycles. The first-order chi connectivity index (χ1) is 13.0. The Balaban J connectivity index is 2.29. The van der Waals surface area contributed by atoms with Gasteiger partial charge in [0.2, 0.25) is 0 Å². The zero-order valence-corrected chi connectivity index (χ0v) is 20.4. The van der Waals surface area contributed by atoms with E-state index in [1.54, 1.807) is 0 Å². The molecule has 4 atom stereocenters. The van der Waals surface area contributed by atoms with E-state index >= 15 is 0 Å². The molecule has 28 heavy (non-hydrogen) atoms. The van der Waals surface area contributed by atoms with Crippen LogP contribution in [0.15, 0.2) is 0 Å². The van der Waals surface area contributed by atoms with Gasteiger partial charge in [-0.3, -0.25) is 0 Å². The maximum absolute atomic E-state index is 10.2. The molecule has 0 aliphatic heterocycles. The second kappa shape index (κ2) is 12.6. The fraction of sp³-hybridized carbons (Fsp3) is 1.00. The van der Waals surface area contributed by atoms with Gasteiger partial charge in [0.1, 0.15) is 0 Å². The van der Waals surface area contributed by atoms with Crippen LogP contribution in [0.25, 0.3) is 0 Å². The molecule has 0 aromatic rings. The molecule has 0 bridgehead atoms. The van der Waals surface area contributed by atoms with Gasteiger partial charge in [-0.05, 0) is 70.1 Å². The predicted octanol–water partition coefficient (Wildman–Crippen LogP) is 7.77. The van der Waals surface area contributed by atoms with Crippen LogP contribution in [0.1, 0.15) is 126 Å². The summed E-state index contributed by atoms with van der Waals surface area (Å²) in [7, 11) is 0. The Kier molecular flexibility index (Phi) is 11.7. The summed E-state index contributed by atoms with van der Waals surface area (Å²) in [6.07, 6.45) is 15.4. The van der Waals surface area contributed by atoms with Gasteiger partial charge in [0, 0.05) is 0 Å². The molecular weight excluding hydrogens is 344 g/mol. The summed E-state index contributed by atoms with van der Waals surface area (Å²) >= 11 is 0. The lowest BCUT2D eigenvalue weighted by molar-refractivity contribution is -0.0653. The fourth-order valence-electron chi connectivity index (χ4n) is 4.87. The van der Waals surface area contributed by atoms with Crippen molar-refractivity contribution in [3.63, 3.8) is 0 Å². The molecule has 1 saturated carbocycles. The van der Waals surface area contributed by atoms with Gasteiger partial charge in [0.25, 0.3) is 0 Å². The molecule has 0 aromatic heterocycles. The first kappa shape index (κ1) is 26.0. The summed E-state index contributed by atoms with van der Waals surface area (Å²) in [6, 6.07) is 0. The molecule has 0 radical (unpaired) electrons. The van der Waals surface area contributed by atoms with E-state index in [1.807, 2.05) is 13.8 Å². The smallest absolute Gasteiger partial charge is 0.0639 e. The molecule has 2 nitrogen and oxygen atoms in total. The summed E-state index contributed by atoms with van der Waals surface area (Å²) in [4.78, 5) is 0. The average molecular weight is 397 g/mol. The van der Waals surface area contributed by atoms with E-state index in [0.717, 1.165) is 36.5 Å².